The van der Waals surface area contributed by atoms with Gasteiger partial charge in [-0.3, -0.25) is 0 Å². The van der Waals surface area contributed by atoms with Crippen LogP contribution in [0.3, 0.4) is 0 Å². The van der Waals surface area contributed by atoms with Crippen molar-refractivity contribution in [2.75, 3.05) is 13.1 Å². The molecule has 0 aliphatic rings. The highest BCUT2D eigenvalue weighted by molar-refractivity contribution is 14.0. The van der Waals surface area contributed by atoms with Gasteiger partial charge in [0.25, 0.3) is 0 Å². The predicted octanol–water partition coefficient (Wildman–Crippen LogP) is 2.95. The Kier molecular flexibility index (Phi) is 11.0. The molecule has 0 saturated heterocycles. The minimum atomic E-state index is 0. The van der Waals surface area contributed by atoms with E-state index in [-0.39, 0.29) is 30.1 Å². The number of hydrogen-bond acceptors (Lipinski definition) is 3. The second-order valence-electron chi connectivity index (χ2n) is 4.56. The number of rotatable bonds is 7. The monoisotopic (exact) mass is 406 g/mol. The molecule has 1 atom stereocenters. The van der Waals surface area contributed by atoms with Crippen LogP contribution in [0.5, 0.6) is 5.88 Å². The van der Waals surface area contributed by atoms with Crippen LogP contribution in [-0.2, 0) is 6.54 Å². The average molecular weight is 406 g/mol. The zero-order valence-electron chi connectivity index (χ0n) is 13.3. The lowest BCUT2D eigenvalue weighted by molar-refractivity contribution is 0.208. The number of ether oxygens (including phenoxy) is 1. The summed E-state index contributed by atoms with van der Waals surface area (Å²) in [7, 11) is 0. The minimum Gasteiger partial charge on any atom is -0.475 e. The largest absolute Gasteiger partial charge is 0.475 e. The van der Waals surface area contributed by atoms with E-state index in [4.69, 9.17) is 4.74 Å². The van der Waals surface area contributed by atoms with Crippen LogP contribution in [0.2, 0.25) is 0 Å². The van der Waals surface area contributed by atoms with Crippen molar-refractivity contribution in [3.05, 3.63) is 23.9 Å². The molecule has 0 radical (unpaired) electrons. The van der Waals surface area contributed by atoms with Crippen LogP contribution in [0.25, 0.3) is 0 Å². The second kappa shape index (κ2) is 11.6. The van der Waals surface area contributed by atoms with Gasteiger partial charge in [-0.15, -0.1) is 24.0 Å². The van der Waals surface area contributed by atoms with Crippen LogP contribution in [0, 0.1) is 0 Å². The third-order valence-electron chi connectivity index (χ3n) is 2.80. The Morgan fingerprint density at radius 2 is 1.95 bits per heavy atom. The lowest BCUT2D eigenvalue weighted by Crippen LogP contribution is -2.36. The van der Waals surface area contributed by atoms with E-state index in [1.54, 1.807) is 6.20 Å². The number of nitrogens with zero attached hydrogens (tertiary/aromatic N) is 2. The zero-order valence-corrected chi connectivity index (χ0v) is 15.7. The number of nitrogens with one attached hydrogen (secondary N) is 2. The van der Waals surface area contributed by atoms with E-state index < -0.39 is 0 Å². The minimum absolute atomic E-state index is 0. The summed E-state index contributed by atoms with van der Waals surface area (Å²) in [5.41, 5.74) is 1.09. The van der Waals surface area contributed by atoms with Crippen molar-refractivity contribution >= 4 is 29.9 Å². The van der Waals surface area contributed by atoms with Gasteiger partial charge in [0.2, 0.25) is 5.88 Å². The summed E-state index contributed by atoms with van der Waals surface area (Å²) >= 11 is 0. The third-order valence-corrected chi connectivity index (χ3v) is 2.80. The van der Waals surface area contributed by atoms with Gasteiger partial charge in [0.05, 0.1) is 12.6 Å². The van der Waals surface area contributed by atoms with Crippen LogP contribution in [-0.4, -0.2) is 30.1 Å². The van der Waals surface area contributed by atoms with Crippen LogP contribution in [0.15, 0.2) is 23.3 Å². The maximum Gasteiger partial charge on any atom is 0.213 e. The van der Waals surface area contributed by atoms with Gasteiger partial charge in [0, 0.05) is 25.4 Å². The number of aliphatic imine (C=N–C) groups is 1. The van der Waals surface area contributed by atoms with E-state index in [0.717, 1.165) is 31.0 Å². The van der Waals surface area contributed by atoms with Crippen molar-refractivity contribution in [2.45, 2.75) is 46.8 Å². The van der Waals surface area contributed by atoms with E-state index in [2.05, 4.69) is 41.4 Å². The smallest absolute Gasteiger partial charge is 0.213 e. The van der Waals surface area contributed by atoms with Gasteiger partial charge in [-0.1, -0.05) is 6.92 Å². The number of guanidine groups is 1. The molecular formula is C15H27IN4O. The van der Waals surface area contributed by atoms with E-state index >= 15 is 0 Å². The van der Waals surface area contributed by atoms with Gasteiger partial charge in [-0.2, -0.15) is 0 Å². The molecule has 0 fully saturated rings. The molecule has 120 valence electrons. The molecule has 1 aromatic heterocycles. The summed E-state index contributed by atoms with van der Waals surface area (Å²) in [4.78, 5) is 8.75. The predicted molar refractivity (Wildman–Crippen MR) is 98.5 cm³/mol. The summed E-state index contributed by atoms with van der Waals surface area (Å²) in [6.45, 7) is 10.6. The SMILES string of the molecule is CCNC(=NCc1ccnc(OC(C)CC)c1)NCC.I. The van der Waals surface area contributed by atoms with Crippen molar-refractivity contribution in [3.63, 3.8) is 0 Å². The fraction of sp³-hybridized carbons (Fsp3) is 0.600. The molecule has 21 heavy (non-hydrogen) atoms. The number of hydrogen-bond donors (Lipinski definition) is 2. The highest BCUT2D eigenvalue weighted by Gasteiger charge is 2.03. The number of halogens is 1. The maximum absolute atomic E-state index is 5.72. The van der Waals surface area contributed by atoms with Crippen molar-refractivity contribution in [1.29, 1.82) is 0 Å². The van der Waals surface area contributed by atoms with E-state index in [1.165, 1.54) is 0 Å². The highest BCUT2D eigenvalue weighted by Crippen LogP contribution is 2.13. The maximum atomic E-state index is 5.72. The summed E-state index contributed by atoms with van der Waals surface area (Å²) in [5.74, 6) is 1.50. The van der Waals surface area contributed by atoms with Gasteiger partial charge < -0.3 is 15.4 Å². The molecule has 6 heteroatoms. The topological polar surface area (TPSA) is 58.5 Å². The van der Waals surface area contributed by atoms with Crippen molar-refractivity contribution < 1.29 is 4.74 Å². The van der Waals surface area contributed by atoms with E-state index in [0.29, 0.717) is 12.4 Å². The molecule has 0 aliphatic carbocycles. The van der Waals surface area contributed by atoms with E-state index in [1.807, 2.05) is 19.1 Å². The Morgan fingerprint density at radius 1 is 1.29 bits per heavy atom. The van der Waals surface area contributed by atoms with Crippen LogP contribution < -0.4 is 15.4 Å². The Morgan fingerprint density at radius 3 is 2.52 bits per heavy atom. The first-order valence-electron chi connectivity index (χ1n) is 7.33. The molecule has 0 aromatic carbocycles. The lowest BCUT2D eigenvalue weighted by Gasteiger charge is -2.12. The molecule has 0 aliphatic heterocycles. The number of aromatic nitrogens is 1. The second-order valence-corrected chi connectivity index (χ2v) is 4.56. The average Bonchev–Trinajstić information content (AvgIpc) is 2.45. The Bertz CT molecular complexity index is 418. The van der Waals surface area contributed by atoms with Crippen molar-refractivity contribution in [3.8, 4) is 5.88 Å². The van der Waals surface area contributed by atoms with Crippen molar-refractivity contribution in [1.82, 2.24) is 15.6 Å². The molecule has 5 nitrogen and oxygen atoms in total. The molecular weight excluding hydrogens is 379 g/mol. The van der Waals surface area contributed by atoms with Gasteiger partial charge >= 0.3 is 0 Å². The lowest BCUT2D eigenvalue weighted by atomic mass is 10.2. The molecule has 1 unspecified atom stereocenters. The Labute approximate surface area is 145 Å². The van der Waals surface area contributed by atoms with Crippen LogP contribution in [0.4, 0.5) is 0 Å². The standard InChI is InChI=1S/C15H26N4O.HI/c1-5-12(4)20-14-10-13(8-9-18-14)11-19-15(16-6-2)17-7-3;/h8-10,12H,5-7,11H2,1-4H3,(H2,16,17,19);1H. The van der Waals surface area contributed by atoms with Gasteiger partial charge in [0.15, 0.2) is 5.96 Å². The Balaban J connectivity index is 0.00000400. The van der Waals surface area contributed by atoms with Gasteiger partial charge in [0.1, 0.15) is 0 Å². The molecule has 0 spiro atoms. The van der Waals surface area contributed by atoms with E-state index in [9.17, 15) is 0 Å². The van der Waals surface area contributed by atoms with Crippen LogP contribution >= 0.6 is 24.0 Å². The number of pyridine rings is 1. The van der Waals surface area contributed by atoms with Crippen LogP contribution in [0.1, 0.15) is 39.7 Å². The first kappa shape index (κ1) is 19.9. The molecule has 1 aromatic rings. The van der Waals surface area contributed by atoms with Gasteiger partial charge in [-0.05, 0) is 38.8 Å². The fourth-order valence-electron chi connectivity index (χ4n) is 1.58. The molecule has 0 bridgehead atoms. The summed E-state index contributed by atoms with van der Waals surface area (Å²) in [6, 6.07) is 3.91. The zero-order chi connectivity index (χ0) is 14.8. The summed E-state index contributed by atoms with van der Waals surface area (Å²) in [5, 5.41) is 6.40. The summed E-state index contributed by atoms with van der Waals surface area (Å²) in [6.07, 6.45) is 2.91. The first-order valence-corrected chi connectivity index (χ1v) is 7.33. The molecule has 1 heterocycles. The highest BCUT2D eigenvalue weighted by atomic mass is 127. The first-order chi connectivity index (χ1) is 9.69. The summed E-state index contributed by atoms with van der Waals surface area (Å²) < 4.78 is 5.72. The quantitative estimate of drug-likeness (QED) is 0.415. The van der Waals surface area contributed by atoms with Gasteiger partial charge in [-0.25, -0.2) is 9.98 Å². The fourth-order valence-corrected chi connectivity index (χ4v) is 1.58. The van der Waals surface area contributed by atoms with Crippen molar-refractivity contribution in [2.24, 2.45) is 4.99 Å². The molecule has 1 rings (SSSR count). The third kappa shape index (κ3) is 8.08. The normalized spacial score (nSPS) is 11.0. The molecule has 0 saturated carbocycles. The Hall–Kier alpha value is -1.05. The molecule has 2 N–H and O–H groups in total. The molecule has 0 amide bonds.